The molecular formula is C14H20BrClN2O. The number of carbonyl (C=O) groups excluding carboxylic acids is 1. The zero-order chi connectivity index (χ0) is 14.6. The SMILES string of the molecule is CC(NCC(=O)NC(C)(C)C)c1ccc(Br)cc1Cl. The van der Waals surface area contributed by atoms with Gasteiger partial charge in [0.1, 0.15) is 0 Å². The lowest BCUT2D eigenvalue weighted by molar-refractivity contribution is -0.121. The number of hydrogen-bond acceptors (Lipinski definition) is 2. The van der Waals surface area contributed by atoms with Gasteiger partial charge in [-0.05, 0) is 45.4 Å². The van der Waals surface area contributed by atoms with Crippen molar-refractivity contribution >= 4 is 33.4 Å². The fraction of sp³-hybridized carbons (Fsp3) is 0.500. The molecule has 1 atom stereocenters. The highest BCUT2D eigenvalue weighted by Gasteiger charge is 2.15. The van der Waals surface area contributed by atoms with Crippen LogP contribution in [0.5, 0.6) is 0 Å². The highest BCUT2D eigenvalue weighted by molar-refractivity contribution is 9.10. The number of rotatable bonds is 4. The minimum atomic E-state index is -0.211. The summed E-state index contributed by atoms with van der Waals surface area (Å²) in [6.45, 7) is 8.13. The number of hydrogen-bond donors (Lipinski definition) is 2. The maximum atomic E-state index is 11.7. The highest BCUT2D eigenvalue weighted by atomic mass is 79.9. The van der Waals surface area contributed by atoms with Gasteiger partial charge >= 0.3 is 0 Å². The topological polar surface area (TPSA) is 41.1 Å². The second kappa shape index (κ2) is 6.73. The van der Waals surface area contributed by atoms with E-state index in [0.29, 0.717) is 5.02 Å². The van der Waals surface area contributed by atoms with Crippen LogP contribution in [0.1, 0.15) is 39.3 Å². The monoisotopic (exact) mass is 346 g/mol. The maximum Gasteiger partial charge on any atom is 0.234 e. The van der Waals surface area contributed by atoms with Crippen molar-refractivity contribution in [1.29, 1.82) is 0 Å². The molecule has 1 aromatic rings. The summed E-state index contributed by atoms with van der Waals surface area (Å²) in [5.41, 5.74) is 0.769. The normalized spacial score (nSPS) is 13.2. The van der Waals surface area contributed by atoms with Crippen LogP contribution in [0, 0.1) is 0 Å². The minimum absolute atomic E-state index is 0.0197. The summed E-state index contributed by atoms with van der Waals surface area (Å²) in [5.74, 6) is -0.0208. The van der Waals surface area contributed by atoms with Gasteiger partial charge in [0, 0.05) is 21.1 Å². The van der Waals surface area contributed by atoms with E-state index in [0.717, 1.165) is 10.0 Å². The Morgan fingerprint density at radius 1 is 1.42 bits per heavy atom. The third kappa shape index (κ3) is 5.93. The van der Waals surface area contributed by atoms with Crippen LogP contribution >= 0.6 is 27.5 Å². The first kappa shape index (κ1) is 16.5. The molecule has 0 aliphatic heterocycles. The van der Waals surface area contributed by atoms with Gasteiger partial charge in [-0.25, -0.2) is 0 Å². The molecule has 0 heterocycles. The van der Waals surface area contributed by atoms with Gasteiger partial charge in [-0.3, -0.25) is 4.79 Å². The summed E-state index contributed by atoms with van der Waals surface area (Å²) < 4.78 is 0.943. The Balaban J connectivity index is 2.56. The third-order valence-corrected chi connectivity index (χ3v) is 3.33. The first-order valence-corrected chi connectivity index (χ1v) is 7.35. The van der Waals surface area contributed by atoms with Crippen molar-refractivity contribution in [1.82, 2.24) is 10.6 Å². The van der Waals surface area contributed by atoms with Crippen molar-refractivity contribution in [2.75, 3.05) is 6.54 Å². The number of amides is 1. The van der Waals surface area contributed by atoms with Crippen LogP contribution in [0.4, 0.5) is 0 Å². The molecule has 0 saturated heterocycles. The standard InChI is InChI=1S/C14H20BrClN2O/c1-9(11-6-5-10(15)7-12(11)16)17-8-13(19)18-14(2,3)4/h5-7,9,17H,8H2,1-4H3,(H,18,19). The number of benzene rings is 1. The van der Waals surface area contributed by atoms with Gasteiger partial charge < -0.3 is 10.6 Å². The lowest BCUT2D eigenvalue weighted by Crippen LogP contribution is -2.45. The molecule has 0 aliphatic carbocycles. The third-order valence-electron chi connectivity index (χ3n) is 2.51. The second-order valence-electron chi connectivity index (χ2n) is 5.57. The molecule has 3 nitrogen and oxygen atoms in total. The average molecular weight is 348 g/mol. The van der Waals surface area contributed by atoms with Crippen LogP contribution in [0.15, 0.2) is 22.7 Å². The van der Waals surface area contributed by atoms with E-state index in [-0.39, 0.29) is 24.0 Å². The molecule has 1 unspecified atom stereocenters. The van der Waals surface area contributed by atoms with E-state index in [1.165, 1.54) is 0 Å². The van der Waals surface area contributed by atoms with Crippen LogP contribution in [-0.4, -0.2) is 18.0 Å². The van der Waals surface area contributed by atoms with Gasteiger partial charge in [-0.2, -0.15) is 0 Å². The molecule has 0 spiro atoms. The zero-order valence-corrected chi connectivity index (χ0v) is 14.0. The number of nitrogens with one attached hydrogen (secondary N) is 2. The van der Waals surface area contributed by atoms with Crippen LogP contribution in [0.2, 0.25) is 5.02 Å². The van der Waals surface area contributed by atoms with Crippen molar-refractivity contribution < 1.29 is 4.79 Å². The lowest BCUT2D eigenvalue weighted by atomic mass is 10.1. The zero-order valence-electron chi connectivity index (χ0n) is 11.7. The highest BCUT2D eigenvalue weighted by Crippen LogP contribution is 2.26. The summed E-state index contributed by atoms with van der Waals surface area (Å²) >= 11 is 9.55. The first-order valence-electron chi connectivity index (χ1n) is 6.18. The Morgan fingerprint density at radius 3 is 2.58 bits per heavy atom. The molecule has 1 amide bonds. The first-order chi connectivity index (χ1) is 8.69. The van der Waals surface area contributed by atoms with Gasteiger partial charge in [0.05, 0.1) is 6.54 Å². The van der Waals surface area contributed by atoms with Crippen molar-refractivity contribution in [2.45, 2.75) is 39.3 Å². The smallest absolute Gasteiger partial charge is 0.234 e. The second-order valence-corrected chi connectivity index (χ2v) is 6.89. The Hall–Kier alpha value is -0.580. The molecule has 0 aromatic heterocycles. The molecule has 0 bridgehead atoms. The van der Waals surface area contributed by atoms with Crippen LogP contribution < -0.4 is 10.6 Å². The molecule has 1 rings (SSSR count). The molecule has 0 saturated carbocycles. The summed E-state index contributed by atoms with van der Waals surface area (Å²) in [6.07, 6.45) is 0. The van der Waals surface area contributed by atoms with Crippen molar-refractivity contribution in [3.8, 4) is 0 Å². The predicted molar refractivity (Wildman–Crippen MR) is 83.5 cm³/mol. The van der Waals surface area contributed by atoms with Gasteiger partial charge in [-0.15, -0.1) is 0 Å². The quantitative estimate of drug-likeness (QED) is 0.872. The van der Waals surface area contributed by atoms with Crippen molar-refractivity contribution in [3.63, 3.8) is 0 Å². The Morgan fingerprint density at radius 2 is 2.05 bits per heavy atom. The van der Waals surface area contributed by atoms with Crippen LogP contribution in [0.25, 0.3) is 0 Å². The molecule has 0 fully saturated rings. The summed E-state index contributed by atoms with van der Waals surface area (Å²) in [5, 5.41) is 6.76. The summed E-state index contributed by atoms with van der Waals surface area (Å²) in [7, 11) is 0. The molecular weight excluding hydrogens is 328 g/mol. The molecule has 106 valence electrons. The minimum Gasteiger partial charge on any atom is -0.350 e. The van der Waals surface area contributed by atoms with E-state index in [2.05, 4.69) is 26.6 Å². The van der Waals surface area contributed by atoms with Crippen molar-refractivity contribution in [3.05, 3.63) is 33.3 Å². The molecule has 19 heavy (non-hydrogen) atoms. The number of halogens is 2. The van der Waals surface area contributed by atoms with Gasteiger partial charge in [0.15, 0.2) is 0 Å². The van der Waals surface area contributed by atoms with Crippen LogP contribution in [-0.2, 0) is 4.79 Å². The molecule has 1 aromatic carbocycles. The van der Waals surface area contributed by atoms with E-state index in [1.54, 1.807) is 0 Å². The van der Waals surface area contributed by atoms with Crippen molar-refractivity contribution in [2.24, 2.45) is 0 Å². The van der Waals surface area contributed by atoms with Gasteiger partial charge in [-0.1, -0.05) is 33.6 Å². The molecule has 0 radical (unpaired) electrons. The average Bonchev–Trinajstić information content (AvgIpc) is 2.23. The summed E-state index contributed by atoms with van der Waals surface area (Å²) in [4.78, 5) is 11.7. The summed E-state index contributed by atoms with van der Waals surface area (Å²) in [6, 6.07) is 5.76. The maximum absolute atomic E-state index is 11.7. The number of carbonyl (C=O) groups is 1. The Kier molecular flexibility index (Phi) is 5.83. The van der Waals surface area contributed by atoms with Crippen LogP contribution in [0.3, 0.4) is 0 Å². The Bertz CT molecular complexity index is 457. The van der Waals surface area contributed by atoms with E-state index < -0.39 is 0 Å². The van der Waals surface area contributed by atoms with Gasteiger partial charge in [0.2, 0.25) is 5.91 Å². The Labute approximate surface area is 128 Å². The lowest BCUT2D eigenvalue weighted by Gasteiger charge is -2.22. The largest absolute Gasteiger partial charge is 0.350 e. The predicted octanol–water partition coefficient (Wildman–Crippen LogP) is 3.67. The molecule has 0 aliphatic rings. The molecule has 2 N–H and O–H groups in total. The fourth-order valence-electron chi connectivity index (χ4n) is 1.67. The van der Waals surface area contributed by atoms with Gasteiger partial charge in [0.25, 0.3) is 0 Å². The fourth-order valence-corrected chi connectivity index (χ4v) is 2.51. The van der Waals surface area contributed by atoms with E-state index in [4.69, 9.17) is 11.6 Å². The van der Waals surface area contributed by atoms with E-state index in [1.807, 2.05) is 45.9 Å². The molecule has 5 heteroatoms. The van der Waals surface area contributed by atoms with E-state index >= 15 is 0 Å². The van der Waals surface area contributed by atoms with E-state index in [9.17, 15) is 4.79 Å².